The van der Waals surface area contributed by atoms with Gasteiger partial charge in [0.2, 0.25) is 0 Å². The van der Waals surface area contributed by atoms with Crippen LogP contribution in [0.5, 0.6) is 0 Å². The molecule has 1 fully saturated rings. The van der Waals surface area contributed by atoms with Gasteiger partial charge in [0.1, 0.15) is 12.2 Å². The number of hydrogen-bond acceptors (Lipinski definition) is 4. The fourth-order valence-corrected chi connectivity index (χ4v) is 2.21. The Morgan fingerprint density at radius 1 is 1.32 bits per heavy atom. The van der Waals surface area contributed by atoms with Crippen molar-refractivity contribution in [3.05, 3.63) is 35.9 Å². The normalized spacial score (nSPS) is 26.1. The summed E-state index contributed by atoms with van der Waals surface area (Å²) in [4.78, 5) is 23.6. The summed E-state index contributed by atoms with van der Waals surface area (Å²) in [6, 6.07) is 8.83. The molecule has 1 aromatic rings. The Morgan fingerprint density at radius 2 is 2.00 bits per heavy atom. The molecule has 0 aliphatic carbocycles. The molecular formula is C15H18O4. The SMILES string of the molecule is CCC(=O)[C@H]1OC[C@H](OC(=O)c2ccccc2)[C@H]1C. The molecule has 102 valence electrons. The van der Waals surface area contributed by atoms with E-state index in [0.29, 0.717) is 12.0 Å². The van der Waals surface area contributed by atoms with Crippen molar-refractivity contribution in [1.82, 2.24) is 0 Å². The molecule has 4 nitrogen and oxygen atoms in total. The smallest absolute Gasteiger partial charge is 0.338 e. The molecule has 3 atom stereocenters. The van der Waals surface area contributed by atoms with Crippen molar-refractivity contribution >= 4 is 11.8 Å². The van der Waals surface area contributed by atoms with E-state index in [1.807, 2.05) is 19.9 Å². The third-order valence-corrected chi connectivity index (χ3v) is 3.44. The van der Waals surface area contributed by atoms with Gasteiger partial charge in [-0.15, -0.1) is 0 Å². The Balaban J connectivity index is 1.98. The Bertz CT molecular complexity index is 454. The highest BCUT2D eigenvalue weighted by atomic mass is 16.6. The highest BCUT2D eigenvalue weighted by molar-refractivity contribution is 5.89. The van der Waals surface area contributed by atoms with Gasteiger partial charge in [0.05, 0.1) is 12.2 Å². The van der Waals surface area contributed by atoms with Crippen LogP contribution in [0.15, 0.2) is 30.3 Å². The zero-order valence-electron chi connectivity index (χ0n) is 11.2. The van der Waals surface area contributed by atoms with Gasteiger partial charge < -0.3 is 9.47 Å². The monoisotopic (exact) mass is 262 g/mol. The van der Waals surface area contributed by atoms with Crippen molar-refractivity contribution in [1.29, 1.82) is 0 Å². The Labute approximate surface area is 112 Å². The van der Waals surface area contributed by atoms with E-state index in [0.717, 1.165) is 0 Å². The van der Waals surface area contributed by atoms with E-state index in [2.05, 4.69) is 0 Å². The summed E-state index contributed by atoms with van der Waals surface area (Å²) in [5.41, 5.74) is 0.514. The van der Waals surface area contributed by atoms with Crippen molar-refractivity contribution in [2.75, 3.05) is 6.61 Å². The molecule has 0 radical (unpaired) electrons. The largest absolute Gasteiger partial charge is 0.456 e. The number of benzene rings is 1. The fraction of sp³-hybridized carbons (Fsp3) is 0.467. The molecule has 0 saturated carbocycles. The number of rotatable bonds is 4. The van der Waals surface area contributed by atoms with Crippen LogP contribution in [-0.4, -0.2) is 30.6 Å². The van der Waals surface area contributed by atoms with E-state index < -0.39 is 6.10 Å². The van der Waals surface area contributed by atoms with Gasteiger partial charge in [0.25, 0.3) is 0 Å². The third-order valence-electron chi connectivity index (χ3n) is 3.44. The number of Topliss-reactive ketones (excluding diaryl/α,β-unsaturated/α-hetero) is 1. The van der Waals surface area contributed by atoms with Gasteiger partial charge in [-0.05, 0) is 12.1 Å². The molecule has 0 aromatic heterocycles. The second kappa shape index (κ2) is 5.97. The molecule has 1 aromatic carbocycles. The quantitative estimate of drug-likeness (QED) is 0.781. The maximum absolute atomic E-state index is 11.9. The predicted octanol–water partition coefficient (Wildman–Crippen LogP) is 2.23. The molecule has 19 heavy (non-hydrogen) atoms. The van der Waals surface area contributed by atoms with E-state index in [9.17, 15) is 9.59 Å². The first-order valence-corrected chi connectivity index (χ1v) is 6.53. The lowest BCUT2D eigenvalue weighted by atomic mass is 9.97. The molecule has 0 unspecified atom stereocenters. The van der Waals surface area contributed by atoms with E-state index in [1.54, 1.807) is 24.3 Å². The standard InChI is InChI=1S/C15H18O4/c1-3-12(16)14-10(2)13(9-18-14)19-15(17)11-7-5-4-6-8-11/h4-8,10,13-14H,3,9H2,1-2H3/t10-,13+,14+/m1/s1. The number of carbonyl (C=O) groups excluding carboxylic acids is 2. The van der Waals surface area contributed by atoms with Crippen LogP contribution in [0.3, 0.4) is 0 Å². The molecule has 1 saturated heterocycles. The average Bonchev–Trinajstić information content (AvgIpc) is 2.80. The second-order valence-electron chi connectivity index (χ2n) is 4.74. The van der Waals surface area contributed by atoms with Gasteiger partial charge in [0, 0.05) is 12.3 Å². The predicted molar refractivity (Wildman–Crippen MR) is 69.8 cm³/mol. The number of esters is 1. The van der Waals surface area contributed by atoms with Crippen LogP contribution in [-0.2, 0) is 14.3 Å². The molecule has 1 heterocycles. The molecular weight excluding hydrogens is 244 g/mol. The first kappa shape index (κ1) is 13.7. The Morgan fingerprint density at radius 3 is 2.63 bits per heavy atom. The molecule has 0 amide bonds. The summed E-state index contributed by atoms with van der Waals surface area (Å²) in [7, 11) is 0. The number of ketones is 1. The van der Waals surface area contributed by atoms with E-state index in [4.69, 9.17) is 9.47 Å². The molecule has 2 rings (SSSR count). The number of ether oxygens (including phenoxy) is 2. The van der Waals surface area contributed by atoms with E-state index >= 15 is 0 Å². The fourth-order valence-electron chi connectivity index (χ4n) is 2.21. The first-order valence-electron chi connectivity index (χ1n) is 6.53. The maximum atomic E-state index is 11.9. The minimum Gasteiger partial charge on any atom is -0.456 e. The molecule has 0 spiro atoms. The highest BCUT2D eigenvalue weighted by Gasteiger charge is 2.39. The molecule has 4 heteroatoms. The van der Waals surface area contributed by atoms with E-state index in [-0.39, 0.29) is 30.4 Å². The zero-order chi connectivity index (χ0) is 13.8. The van der Waals surface area contributed by atoms with Crippen LogP contribution in [0.4, 0.5) is 0 Å². The summed E-state index contributed by atoms with van der Waals surface area (Å²) in [6.07, 6.45) is -0.360. The summed E-state index contributed by atoms with van der Waals surface area (Å²) in [5, 5.41) is 0. The molecule has 0 bridgehead atoms. The van der Waals surface area contributed by atoms with Gasteiger partial charge in [-0.1, -0.05) is 32.0 Å². The summed E-state index contributed by atoms with van der Waals surface area (Å²) < 4.78 is 10.9. The van der Waals surface area contributed by atoms with Crippen molar-refractivity contribution in [2.24, 2.45) is 5.92 Å². The summed E-state index contributed by atoms with van der Waals surface area (Å²) in [5.74, 6) is -0.406. The first-order chi connectivity index (χ1) is 9.13. The van der Waals surface area contributed by atoms with Gasteiger partial charge in [-0.25, -0.2) is 4.79 Å². The third kappa shape index (κ3) is 3.01. The van der Waals surface area contributed by atoms with Crippen LogP contribution in [0.25, 0.3) is 0 Å². The van der Waals surface area contributed by atoms with Crippen molar-refractivity contribution < 1.29 is 19.1 Å². The topological polar surface area (TPSA) is 52.6 Å². The summed E-state index contributed by atoms with van der Waals surface area (Å²) in [6.45, 7) is 3.98. The van der Waals surface area contributed by atoms with Crippen LogP contribution in [0.1, 0.15) is 30.6 Å². The average molecular weight is 262 g/mol. The van der Waals surface area contributed by atoms with Crippen LogP contribution in [0.2, 0.25) is 0 Å². The number of hydrogen-bond donors (Lipinski definition) is 0. The lowest BCUT2D eigenvalue weighted by Gasteiger charge is -2.17. The van der Waals surface area contributed by atoms with Crippen LogP contribution in [0, 0.1) is 5.92 Å². The van der Waals surface area contributed by atoms with Gasteiger partial charge in [-0.2, -0.15) is 0 Å². The van der Waals surface area contributed by atoms with E-state index in [1.165, 1.54) is 0 Å². The van der Waals surface area contributed by atoms with Crippen LogP contribution < -0.4 is 0 Å². The van der Waals surface area contributed by atoms with Gasteiger partial charge in [-0.3, -0.25) is 4.79 Å². The molecule has 1 aliphatic rings. The minimum absolute atomic E-state index is 0.0609. The van der Waals surface area contributed by atoms with Crippen LogP contribution >= 0.6 is 0 Å². The Hall–Kier alpha value is -1.68. The Kier molecular flexibility index (Phi) is 4.32. The zero-order valence-corrected chi connectivity index (χ0v) is 11.2. The lowest BCUT2D eigenvalue weighted by Crippen LogP contribution is -2.30. The second-order valence-corrected chi connectivity index (χ2v) is 4.74. The maximum Gasteiger partial charge on any atom is 0.338 e. The highest BCUT2D eigenvalue weighted by Crippen LogP contribution is 2.25. The van der Waals surface area contributed by atoms with Crippen molar-refractivity contribution in [2.45, 2.75) is 32.5 Å². The van der Waals surface area contributed by atoms with Crippen molar-refractivity contribution in [3.63, 3.8) is 0 Å². The van der Waals surface area contributed by atoms with Gasteiger partial charge in [0.15, 0.2) is 5.78 Å². The lowest BCUT2D eigenvalue weighted by molar-refractivity contribution is -0.128. The number of carbonyl (C=O) groups is 2. The molecule has 1 aliphatic heterocycles. The molecule has 0 N–H and O–H groups in total. The van der Waals surface area contributed by atoms with Gasteiger partial charge >= 0.3 is 5.97 Å². The van der Waals surface area contributed by atoms with Crippen molar-refractivity contribution in [3.8, 4) is 0 Å². The minimum atomic E-state index is -0.446. The summed E-state index contributed by atoms with van der Waals surface area (Å²) >= 11 is 0.